The van der Waals surface area contributed by atoms with E-state index in [0.717, 1.165) is 39.0 Å². The Labute approximate surface area is 110 Å². The van der Waals surface area contributed by atoms with Crippen LogP contribution in [0.4, 0.5) is 0 Å². The lowest BCUT2D eigenvalue weighted by Crippen LogP contribution is -2.46. The Morgan fingerprint density at radius 2 is 1.94 bits per heavy atom. The molecule has 2 fully saturated rings. The average molecular weight is 253 g/mol. The molecule has 18 heavy (non-hydrogen) atoms. The summed E-state index contributed by atoms with van der Waals surface area (Å²) >= 11 is 0. The van der Waals surface area contributed by atoms with Gasteiger partial charge < -0.3 is 16.0 Å². The highest BCUT2D eigenvalue weighted by molar-refractivity contribution is 5.81. The second-order valence-electron chi connectivity index (χ2n) is 5.78. The molecule has 1 unspecified atom stereocenters. The minimum Gasteiger partial charge on any atom is -0.340 e. The van der Waals surface area contributed by atoms with Gasteiger partial charge in [0.15, 0.2) is 0 Å². The van der Waals surface area contributed by atoms with E-state index in [2.05, 4.69) is 5.32 Å². The van der Waals surface area contributed by atoms with Crippen LogP contribution in [0, 0.1) is 5.92 Å². The monoisotopic (exact) mass is 253 g/mol. The Bertz CT molecular complexity index is 256. The van der Waals surface area contributed by atoms with Crippen molar-refractivity contribution >= 4 is 5.91 Å². The SMILES string of the molecule is NC(CC1CCCCC1)C(=O)N1CCCNCC1. The van der Waals surface area contributed by atoms with Crippen LogP contribution in [-0.2, 0) is 4.79 Å². The molecule has 1 saturated carbocycles. The van der Waals surface area contributed by atoms with E-state index >= 15 is 0 Å². The van der Waals surface area contributed by atoms with Crippen LogP contribution < -0.4 is 11.1 Å². The van der Waals surface area contributed by atoms with Crippen molar-refractivity contribution in [1.29, 1.82) is 0 Å². The number of carbonyl (C=O) groups excluding carboxylic acids is 1. The number of amides is 1. The molecule has 0 aromatic heterocycles. The van der Waals surface area contributed by atoms with E-state index < -0.39 is 0 Å². The molecule has 4 heteroatoms. The molecule has 1 atom stereocenters. The molecule has 4 nitrogen and oxygen atoms in total. The van der Waals surface area contributed by atoms with Crippen LogP contribution in [0.15, 0.2) is 0 Å². The molecule has 2 rings (SSSR count). The van der Waals surface area contributed by atoms with Crippen LogP contribution in [0.1, 0.15) is 44.9 Å². The first-order valence-corrected chi connectivity index (χ1v) is 7.52. The van der Waals surface area contributed by atoms with E-state index in [1.807, 2.05) is 4.90 Å². The van der Waals surface area contributed by atoms with E-state index in [9.17, 15) is 4.79 Å². The Morgan fingerprint density at radius 1 is 1.17 bits per heavy atom. The fourth-order valence-electron chi connectivity index (χ4n) is 3.18. The molecule has 104 valence electrons. The van der Waals surface area contributed by atoms with Gasteiger partial charge in [0, 0.05) is 19.6 Å². The van der Waals surface area contributed by atoms with Gasteiger partial charge in [-0.2, -0.15) is 0 Å². The molecular formula is C14H27N3O. The second-order valence-corrected chi connectivity index (χ2v) is 5.78. The molecular weight excluding hydrogens is 226 g/mol. The zero-order valence-corrected chi connectivity index (χ0v) is 11.4. The van der Waals surface area contributed by atoms with Gasteiger partial charge in [-0.1, -0.05) is 32.1 Å². The van der Waals surface area contributed by atoms with Crippen molar-refractivity contribution in [2.45, 2.75) is 51.0 Å². The van der Waals surface area contributed by atoms with Crippen molar-refractivity contribution in [1.82, 2.24) is 10.2 Å². The highest BCUT2D eigenvalue weighted by Gasteiger charge is 2.25. The lowest BCUT2D eigenvalue weighted by molar-refractivity contribution is -0.132. The Balaban J connectivity index is 1.79. The molecule has 0 aromatic carbocycles. The maximum atomic E-state index is 12.3. The first kappa shape index (κ1) is 13.8. The molecule has 0 aromatic rings. The van der Waals surface area contributed by atoms with Gasteiger partial charge in [-0.3, -0.25) is 4.79 Å². The van der Waals surface area contributed by atoms with Crippen LogP contribution in [0.3, 0.4) is 0 Å². The highest BCUT2D eigenvalue weighted by Crippen LogP contribution is 2.27. The largest absolute Gasteiger partial charge is 0.340 e. The third-order valence-corrected chi connectivity index (χ3v) is 4.28. The molecule has 0 bridgehead atoms. The summed E-state index contributed by atoms with van der Waals surface area (Å²) in [6.07, 6.45) is 8.46. The zero-order chi connectivity index (χ0) is 12.8. The van der Waals surface area contributed by atoms with E-state index in [1.54, 1.807) is 0 Å². The van der Waals surface area contributed by atoms with Crippen molar-refractivity contribution in [2.24, 2.45) is 11.7 Å². The summed E-state index contributed by atoms with van der Waals surface area (Å²) in [6.45, 7) is 3.60. The summed E-state index contributed by atoms with van der Waals surface area (Å²) in [5.41, 5.74) is 6.12. The quantitative estimate of drug-likeness (QED) is 0.792. The molecule has 1 aliphatic heterocycles. The van der Waals surface area contributed by atoms with Crippen LogP contribution in [-0.4, -0.2) is 43.0 Å². The highest BCUT2D eigenvalue weighted by atomic mass is 16.2. The molecule has 2 aliphatic rings. The summed E-state index contributed by atoms with van der Waals surface area (Å²) < 4.78 is 0. The zero-order valence-electron chi connectivity index (χ0n) is 11.4. The van der Waals surface area contributed by atoms with Gasteiger partial charge >= 0.3 is 0 Å². The van der Waals surface area contributed by atoms with Gasteiger partial charge in [0.25, 0.3) is 0 Å². The molecule has 0 spiro atoms. The number of carbonyl (C=O) groups is 1. The first-order valence-electron chi connectivity index (χ1n) is 7.52. The minimum atomic E-state index is -0.272. The molecule has 1 heterocycles. The van der Waals surface area contributed by atoms with Gasteiger partial charge in [0.05, 0.1) is 6.04 Å². The normalized spacial score (nSPS) is 24.6. The molecule has 0 radical (unpaired) electrons. The van der Waals surface area contributed by atoms with Crippen LogP contribution in [0.2, 0.25) is 0 Å². The summed E-state index contributed by atoms with van der Waals surface area (Å²) in [5, 5.41) is 3.32. The maximum absolute atomic E-state index is 12.3. The predicted octanol–water partition coefficient (Wildman–Crippen LogP) is 1.11. The van der Waals surface area contributed by atoms with E-state index in [1.165, 1.54) is 32.1 Å². The topological polar surface area (TPSA) is 58.4 Å². The van der Waals surface area contributed by atoms with Crippen LogP contribution >= 0.6 is 0 Å². The molecule has 1 aliphatic carbocycles. The number of hydrogen-bond donors (Lipinski definition) is 2. The summed E-state index contributed by atoms with van der Waals surface area (Å²) in [6, 6.07) is -0.272. The van der Waals surface area contributed by atoms with Crippen molar-refractivity contribution in [3.05, 3.63) is 0 Å². The second kappa shape index (κ2) is 7.10. The van der Waals surface area contributed by atoms with Crippen molar-refractivity contribution in [2.75, 3.05) is 26.2 Å². The summed E-state index contributed by atoms with van der Waals surface area (Å²) in [7, 11) is 0. The third-order valence-electron chi connectivity index (χ3n) is 4.28. The lowest BCUT2D eigenvalue weighted by atomic mass is 9.85. The summed E-state index contributed by atoms with van der Waals surface area (Å²) in [5.74, 6) is 0.854. The average Bonchev–Trinajstić information content (AvgIpc) is 2.68. The standard InChI is InChI=1S/C14H27N3O/c15-13(11-12-5-2-1-3-6-12)14(18)17-9-4-7-16-8-10-17/h12-13,16H,1-11,15H2. The fourth-order valence-corrected chi connectivity index (χ4v) is 3.18. The number of rotatable bonds is 3. The number of nitrogens with zero attached hydrogens (tertiary/aromatic N) is 1. The maximum Gasteiger partial charge on any atom is 0.239 e. The van der Waals surface area contributed by atoms with Crippen LogP contribution in [0.25, 0.3) is 0 Å². The number of hydrogen-bond acceptors (Lipinski definition) is 3. The van der Waals surface area contributed by atoms with Gasteiger partial charge in [-0.05, 0) is 25.3 Å². The Morgan fingerprint density at radius 3 is 2.72 bits per heavy atom. The lowest BCUT2D eigenvalue weighted by Gasteiger charge is -2.28. The van der Waals surface area contributed by atoms with Gasteiger partial charge in [-0.15, -0.1) is 0 Å². The van der Waals surface area contributed by atoms with E-state index in [0.29, 0.717) is 5.92 Å². The van der Waals surface area contributed by atoms with Crippen LogP contribution in [0.5, 0.6) is 0 Å². The number of nitrogens with two attached hydrogens (primary N) is 1. The summed E-state index contributed by atoms with van der Waals surface area (Å²) in [4.78, 5) is 14.2. The van der Waals surface area contributed by atoms with Crippen molar-refractivity contribution in [3.8, 4) is 0 Å². The van der Waals surface area contributed by atoms with E-state index in [4.69, 9.17) is 5.73 Å². The number of nitrogens with one attached hydrogen (secondary N) is 1. The molecule has 1 amide bonds. The smallest absolute Gasteiger partial charge is 0.239 e. The van der Waals surface area contributed by atoms with Crippen molar-refractivity contribution in [3.63, 3.8) is 0 Å². The van der Waals surface area contributed by atoms with Crippen molar-refractivity contribution < 1.29 is 4.79 Å². The Hall–Kier alpha value is -0.610. The first-order chi connectivity index (χ1) is 8.77. The van der Waals surface area contributed by atoms with Gasteiger partial charge in [0.1, 0.15) is 0 Å². The molecule has 1 saturated heterocycles. The van der Waals surface area contributed by atoms with Gasteiger partial charge in [0.2, 0.25) is 5.91 Å². The van der Waals surface area contributed by atoms with Gasteiger partial charge in [-0.25, -0.2) is 0 Å². The Kier molecular flexibility index (Phi) is 5.45. The predicted molar refractivity (Wildman–Crippen MR) is 73.2 cm³/mol. The third kappa shape index (κ3) is 3.95. The minimum absolute atomic E-state index is 0.171. The fraction of sp³-hybridized carbons (Fsp3) is 0.929. The van der Waals surface area contributed by atoms with E-state index in [-0.39, 0.29) is 11.9 Å². The molecule has 3 N–H and O–H groups in total.